The van der Waals surface area contributed by atoms with Crippen LogP contribution in [-0.2, 0) is 29.0 Å². The average molecular weight is 464 g/mol. The molecule has 0 aliphatic heterocycles. The van der Waals surface area contributed by atoms with Gasteiger partial charge in [0.2, 0.25) is 0 Å². The van der Waals surface area contributed by atoms with Crippen LogP contribution in [0.15, 0.2) is 77.7 Å². The largest absolute Gasteiger partial charge is 0.508 e. The molecule has 0 bridgehead atoms. The van der Waals surface area contributed by atoms with Crippen LogP contribution < -0.4 is 4.31 Å². The Kier molecular flexibility index (Phi) is 7.13. The molecule has 32 heavy (non-hydrogen) atoms. The van der Waals surface area contributed by atoms with Gasteiger partial charge in [-0.3, -0.25) is 4.31 Å². The molecule has 0 heterocycles. The summed E-state index contributed by atoms with van der Waals surface area (Å²) in [5.41, 5.74) is -0.0124. The van der Waals surface area contributed by atoms with Crippen molar-refractivity contribution in [2.24, 2.45) is 0 Å². The van der Waals surface area contributed by atoms with Crippen LogP contribution in [0.25, 0.3) is 0 Å². The summed E-state index contributed by atoms with van der Waals surface area (Å²) in [6.07, 6.45) is -2.81. The maximum atomic E-state index is 14.0. The molecule has 3 rings (SSSR count). The standard InChI is InChI=1S/C24H24F3NO3S/c1-28(20-14-8-15-21(29)17-20)32(30,31)22-16-7-13-19(23(22)24(25,26)27)12-6-5-11-18-9-3-2-4-10-18/h2-4,7-10,13-17,29H,5-6,11-12H2,1H3. The van der Waals surface area contributed by atoms with Crippen LogP contribution >= 0.6 is 0 Å². The van der Waals surface area contributed by atoms with Gasteiger partial charge in [-0.15, -0.1) is 0 Å². The van der Waals surface area contributed by atoms with Crippen LogP contribution in [0.5, 0.6) is 5.75 Å². The van der Waals surface area contributed by atoms with Gasteiger partial charge < -0.3 is 5.11 Å². The average Bonchev–Trinajstić information content (AvgIpc) is 2.76. The molecule has 0 saturated carbocycles. The smallest absolute Gasteiger partial charge is 0.418 e. The number of phenolic OH excluding ortho intramolecular Hbond substituents is 1. The molecule has 8 heteroatoms. The van der Waals surface area contributed by atoms with Crippen LogP contribution in [0.4, 0.5) is 18.9 Å². The predicted molar refractivity (Wildman–Crippen MR) is 118 cm³/mol. The molecule has 0 unspecified atom stereocenters. The Morgan fingerprint density at radius 1 is 0.875 bits per heavy atom. The van der Waals surface area contributed by atoms with E-state index in [1.54, 1.807) is 0 Å². The summed E-state index contributed by atoms with van der Waals surface area (Å²) in [7, 11) is -3.35. The number of sulfonamides is 1. The van der Waals surface area contributed by atoms with Gasteiger partial charge in [-0.2, -0.15) is 13.2 Å². The van der Waals surface area contributed by atoms with Crippen molar-refractivity contribution in [1.82, 2.24) is 0 Å². The molecule has 0 amide bonds. The van der Waals surface area contributed by atoms with E-state index in [-0.39, 0.29) is 23.4 Å². The zero-order valence-electron chi connectivity index (χ0n) is 17.5. The highest BCUT2D eigenvalue weighted by atomic mass is 32.2. The summed E-state index contributed by atoms with van der Waals surface area (Å²) < 4.78 is 69.1. The summed E-state index contributed by atoms with van der Waals surface area (Å²) in [5.74, 6) is -0.187. The number of phenols is 1. The van der Waals surface area contributed by atoms with Crippen LogP contribution in [0.3, 0.4) is 0 Å². The minimum absolute atomic E-state index is 0.0454. The van der Waals surface area contributed by atoms with E-state index in [1.165, 1.54) is 36.4 Å². The highest BCUT2D eigenvalue weighted by Gasteiger charge is 2.40. The topological polar surface area (TPSA) is 57.6 Å². The maximum absolute atomic E-state index is 14.0. The summed E-state index contributed by atoms with van der Waals surface area (Å²) in [6, 6.07) is 18.6. The Bertz CT molecular complexity index is 1160. The van der Waals surface area contributed by atoms with Crippen LogP contribution in [0.1, 0.15) is 29.5 Å². The highest BCUT2D eigenvalue weighted by molar-refractivity contribution is 7.92. The fourth-order valence-corrected chi connectivity index (χ4v) is 5.03. The highest BCUT2D eigenvalue weighted by Crippen LogP contribution is 2.39. The van der Waals surface area contributed by atoms with Gasteiger partial charge >= 0.3 is 6.18 Å². The molecule has 3 aromatic rings. The zero-order chi connectivity index (χ0) is 23.4. The number of aryl methyl sites for hydroxylation is 2. The predicted octanol–water partition coefficient (Wildman–Crippen LogP) is 5.80. The summed E-state index contributed by atoms with van der Waals surface area (Å²) in [5, 5.41) is 9.63. The monoisotopic (exact) mass is 463 g/mol. The van der Waals surface area contributed by atoms with E-state index in [1.807, 2.05) is 30.3 Å². The lowest BCUT2D eigenvalue weighted by Gasteiger charge is -2.23. The number of aromatic hydroxyl groups is 1. The number of benzene rings is 3. The Hall–Kier alpha value is -3.00. The lowest BCUT2D eigenvalue weighted by atomic mass is 9.99. The molecule has 1 N–H and O–H groups in total. The first-order valence-corrected chi connectivity index (χ1v) is 11.6. The van der Waals surface area contributed by atoms with E-state index in [2.05, 4.69) is 0 Å². The number of anilines is 1. The third-order valence-corrected chi connectivity index (χ3v) is 7.06. The molecule has 0 atom stereocenters. The molecule has 0 spiro atoms. The van der Waals surface area contributed by atoms with E-state index in [4.69, 9.17) is 0 Å². The molecular weight excluding hydrogens is 439 g/mol. The Labute approximate surface area is 186 Å². The van der Waals surface area contributed by atoms with Crippen molar-refractivity contribution in [3.63, 3.8) is 0 Å². The second-order valence-corrected chi connectivity index (χ2v) is 9.41. The fraction of sp³-hybridized carbons (Fsp3) is 0.250. The quantitative estimate of drug-likeness (QED) is 0.430. The minimum atomic E-state index is -4.84. The third kappa shape index (κ3) is 5.43. The van der Waals surface area contributed by atoms with Gasteiger partial charge in [0.15, 0.2) is 0 Å². The maximum Gasteiger partial charge on any atom is 0.418 e. The van der Waals surface area contributed by atoms with Crippen LogP contribution in [-0.4, -0.2) is 20.6 Å². The normalized spacial score (nSPS) is 12.0. The Morgan fingerprint density at radius 3 is 2.19 bits per heavy atom. The van der Waals surface area contributed by atoms with Gasteiger partial charge in [0, 0.05) is 13.1 Å². The molecule has 170 valence electrons. The summed E-state index contributed by atoms with van der Waals surface area (Å²) in [4.78, 5) is -0.795. The molecule has 3 aromatic carbocycles. The van der Waals surface area contributed by atoms with Crippen LogP contribution in [0.2, 0.25) is 0 Å². The zero-order valence-corrected chi connectivity index (χ0v) is 18.3. The van der Waals surface area contributed by atoms with Gasteiger partial charge in [-0.05, 0) is 55.0 Å². The number of halogens is 3. The van der Waals surface area contributed by atoms with Crippen molar-refractivity contribution in [3.05, 3.63) is 89.5 Å². The number of alkyl halides is 3. The van der Waals surface area contributed by atoms with E-state index in [9.17, 15) is 26.7 Å². The van der Waals surface area contributed by atoms with Crippen molar-refractivity contribution < 1.29 is 26.7 Å². The van der Waals surface area contributed by atoms with E-state index < -0.39 is 26.7 Å². The van der Waals surface area contributed by atoms with Crippen LogP contribution in [0, 0.1) is 0 Å². The number of rotatable bonds is 8. The van der Waals surface area contributed by atoms with Crippen molar-refractivity contribution in [1.29, 1.82) is 0 Å². The molecular formula is C24H24F3NO3S. The van der Waals surface area contributed by atoms with Gasteiger partial charge in [0.1, 0.15) is 5.75 Å². The van der Waals surface area contributed by atoms with Crippen molar-refractivity contribution >= 4 is 15.7 Å². The molecule has 0 saturated heterocycles. The van der Waals surface area contributed by atoms with E-state index >= 15 is 0 Å². The van der Waals surface area contributed by atoms with Crippen molar-refractivity contribution in [2.75, 3.05) is 11.4 Å². The van der Waals surface area contributed by atoms with Gasteiger partial charge in [0.05, 0.1) is 16.1 Å². The van der Waals surface area contributed by atoms with E-state index in [0.717, 1.165) is 29.4 Å². The van der Waals surface area contributed by atoms with Gasteiger partial charge in [-0.25, -0.2) is 8.42 Å². The lowest BCUT2D eigenvalue weighted by Crippen LogP contribution is -2.29. The van der Waals surface area contributed by atoms with E-state index in [0.29, 0.717) is 12.8 Å². The number of nitrogens with zero attached hydrogens (tertiary/aromatic N) is 1. The SMILES string of the molecule is CN(c1cccc(O)c1)S(=O)(=O)c1cccc(CCCCc2ccccc2)c1C(F)(F)F. The first kappa shape index (κ1) is 23.7. The molecule has 0 aliphatic carbocycles. The minimum Gasteiger partial charge on any atom is -0.508 e. The fourth-order valence-electron chi connectivity index (χ4n) is 3.59. The number of hydrogen-bond acceptors (Lipinski definition) is 3. The van der Waals surface area contributed by atoms with Crippen molar-refractivity contribution in [3.8, 4) is 5.75 Å². The number of unbranched alkanes of at least 4 members (excludes halogenated alkanes) is 1. The molecule has 0 aliphatic rings. The summed E-state index contributed by atoms with van der Waals surface area (Å²) in [6.45, 7) is 0. The van der Waals surface area contributed by atoms with Crippen molar-refractivity contribution in [2.45, 2.75) is 36.8 Å². The third-order valence-electron chi connectivity index (χ3n) is 5.23. The number of hydrogen-bond donors (Lipinski definition) is 1. The first-order chi connectivity index (χ1) is 15.1. The Balaban J connectivity index is 1.89. The second kappa shape index (κ2) is 9.65. The lowest BCUT2D eigenvalue weighted by molar-refractivity contribution is -0.140. The van der Waals surface area contributed by atoms with Gasteiger partial charge in [-0.1, -0.05) is 48.5 Å². The summed E-state index contributed by atoms with van der Waals surface area (Å²) >= 11 is 0. The molecule has 4 nitrogen and oxygen atoms in total. The second-order valence-electron chi connectivity index (χ2n) is 7.47. The first-order valence-electron chi connectivity index (χ1n) is 10.1. The molecule has 0 fully saturated rings. The molecule has 0 aromatic heterocycles. The Morgan fingerprint density at radius 2 is 1.53 bits per heavy atom. The van der Waals surface area contributed by atoms with Gasteiger partial charge in [0.25, 0.3) is 10.0 Å². The molecule has 0 radical (unpaired) electrons.